The lowest BCUT2D eigenvalue weighted by Gasteiger charge is -2.31. The Morgan fingerprint density at radius 3 is 2.80 bits per heavy atom. The van der Waals surface area contributed by atoms with E-state index < -0.39 is 0 Å². The number of ether oxygens (including phenoxy) is 2. The zero-order valence-corrected chi connectivity index (χ0v) is 16.4. The third kappa shape index (κ3) is 3.43. The number of carbonyl (C=O) groups excluding carboxylic acids is 2. The molecule has 1 amide bonds. The number of allylic oxidation sites excluding steroid dienone is 2. The van der Waals surface area contributed by atoms with E-state index in [0.717, 1.165) is 29.7 Å². The Morgan fingerprint density at radius 2 is 2.00 bits per heavy atom. The Labute approximate surface area is 172 Å². The van der Waals surface area contributed by atoms with E-state index in [-0.39, 0.29) is 24.3 Å². The number of hydrogen-bond acceptors (Lipinski definition) is 8. The maximum atomic E-state index is 12.7. The zero-order chi connectivity index (χ0) is 20.5. The van der Waals surface area contributed by atoms with Gasteiger partial charge in [0.2, 0.25) is 5.95 Å². The number of benzene rings is 1. The van der Waals surface area contributed by atoms with Gasteiger partial charge in [0.05, 0.1) is 13.2 Å². The van der Waals surface area contributed by atoms with Crippen molar-refractivity contribution in [1.82, 2.24) is 25.1 Å². The van der Waals surface area contributed by atoms with Crippen LogP contribution in [0.2, 0.25) is 0 Å². The first kappa shape index (κ1) is 18.7. The molecule has 0 bridgehead atoms. The molecule has 2 aliphatic heterocycles. The van der Waals surface area contributed by atoms with Gasteiger partial charge in [0.15, 0.2) is 12.4 Å². The van der Waals surface area contributed by atoms with Crippen molar-refractivity contribution in [3.05, 3.63) is 41.1 Å². The number of tetrazole rings is 1. The Bertz CT molecular complexity index is 993. The fourth-order valence-corrected chi connectivity index (χ4v) is 4.12. The fourth-order valence-electron chi connectivity index (χ4n) is 4.12. The molecular weight excluding hydrogens is 388 g/mol. The Hall–Kier alpha value is -3.27. The van der Waals surface area contributed by atoms with E-state index >= 15 is 0 Å². The number of anilines is 1. The first-order chi connectivity index (χ1) is 14.7. The third-order valence-corrected chi connectivity index (χ3v) is 5.65. The maximum absolute atomic E-state index is 12.7. The van der Waals surface area contributed by atoms with Crippen LogP contribution in [0.15, 0.2) is 35.5 Å². The molecule has 3 aliphatic rings. The summed E-state index contributed by atoms with van der Waals surface area (Å²) in [5, 5.41) is 15.1. The van der Waals surface area contributed by atoms with Gasteiger partial charge in [-0.1, -0.05) is 17.2 Å². The highest BCUT2D eigenvalue weighted by molar-refractivity contribution is 5.99. The minimum absolute atomic E-state index is 0.0162. The summed E-state index contributed by atoms with van der Waals surface area (Å²) in [6, 6.07) is 7.02. The molecule has 10 heteroatoms. The number of aromatic nitrogens is 4. The molecule has 1 atom stereocenters. The number of morpholine rings is 1. The second-order valence-electron chi connectivity index (χ2n) is 7.49. The van der Waals surface area contributed by atoms with Crippen molar-refractivity contribution in [2.24, 2.45) is 0 Å². The van der Waals surface area contributed by atoms with E-state index in [1.165, 1.54) is 0 Å². The first-order valence-corrected chi connectivity index (χ1v) is 10.1. The molecule has 0 saturated carbocycles. The van der Waals surface area contributed by atoms with Gasteiger partial charge < -0.3 is 19.7 Å². The van der Waals surface area contributed by atoms with Crippen LogP contribution in [0.1, 0.15) is 30.9 Å². The predicted octanol–water partition coefficient (Wildman–Crippen LogP) is 0.933. The number of hydrogen-bond donors (Lipinski definition) is 1. The molecule has 156 valence electrons. The molecule has 0 radical (unpaired) electrons. The van der Waals surface area contributed by atoms with Crippen LogP contribution in [0.3, 0.4) is 0 Å². The monoisotopic (exact) mass is 410 g/mol. The maximum Gasteiger partial charge on any atom is 0.260 e. The largest absolute Gasteiger partial charge is 0.484 e. The molecule has 5 rings (SSSR count). The molecule has 1 aromatic carbocycles. The quantitative estimate of drug-likeness (QED) is 0.793. The standard InChI is InChI=1S/C20H22N6O4/c27-16-3-1-2-15-18(16)19(26-20(21-15)22-23-24-26)13-4-6-14(7-5-13)30-12-17(28)25-8-10-29-11-9-25/h4-7,19H,1-3,8-12H2,(H,21,22,24). The van der Waals surface area contributed by atoms with Crippen LogP contribution in [0.5, 0.6) is 5.75 Å². The lowest BCUT2D eigenvalue weighted by molar-refractivity contribution is -0.137. The van der Waals surface area contributed by atoms with Crippen LogP contribution in [-0.2, 0) is 14.3 Å². The highest BCUT2D eigenvalue weighted by atomic mass is 16.5. The summed E-state index contributed by atoms with van der Waals surface area (Å²) in [6.07, 6.45) is 2.15. The van der Waals surface area contributed by atoms with E-state index in [0.29, 0.717) is 44.4 Å². The van der Waals surface area contributed by atoms with Crippen LogP contribution in [0, 0.1) is 0 Å². The van der Waals surface area contributed by atoms with Gasteiger partial charge in [0, 0.05) is 30.8 Å². The van der Waals surface area contributed by atoms with E-state index in [9.17, 15) is 9.59 Å². The van der Waals surface area contributed by atoms with Gasteiger partial charge in [-0.2, -0.15) is 4.68 Å². The van der Waals surface area contributed by atoms with Gasteiger partial charge in [-0.15, -0.1) is 0 Å². The van der Waals surface area contributed by atoms with Gasteiger partial charge in [-0.3, -0.25) is 9.59 Å². The zero-order valence-electron chi connectivity index (χ0n) is 16.4. The highest BCUT2D eigenvalue weighted by Gasteiger charge is 2.36. The predicted molar refractivity (Wildman–Crippen MR) is 105 cm³/mol. The summed E-state index contributed by atoms with van der Waals surface area (Å²) in [5.41, 5.74) is 2.51. The molecule has 10 nitrogen and oxygen atoms in total. The van der Waals surface area contributed by atoms with Crippen molar-refractivity contribution in [3.8, 4) is 5.75 Å². The molecule has 1 unspecified atom stereocenters. The Kier molecular flexibility index (Phi) is 4.91. The molecule has 3 heterocycles. The highest BCUT2D eigenvalue weighted by Crippen LogP contribution is 2.39. The molecule has 1 aromatic heterocycles. The van der Waals surface area contributed by atoms with Crippen LogP contribution < -0.4 is 10.1 Å². The van der Waals surface area contributed by atoms with Crippen molar-refractivity contribution < 1.29 is 19.1 Å². The van der Waals surface area contributed by atoms with E-state index in [4.69, 9.17) is 9.47 Å². The normalized spacial score (nSPS) is 21.0. The number of Topliss-reactive ketones (excluding diaryl/α,β-unsaturated/α-hetero) is 1. The molecule has 0 spiro atoms. The second-order valence-corrected chi connectivity index (χ2v) is 7.49. The summed E-state index contributed by atoms with van der Waals surface area (Å²) in [7, 11) is 0. The average molecular weight is 410 g/mol. The first-order valence-electron chi connectivity index (χ1n) is 10.1. The van der Waals surface area contributed by atoms with Crippen LogP contribution in [0.25, 0.3) is 0 Å². The van der Waals surface area contributed by atoms with Crippen molar-refractivity contribution in [1.29, 1.82) is 0 Å². The van der Waals surface area contributed by atoms with Crippen LogP contribution in [-0.4, -0.2) is 69.7 Å². The average Bonchev–Trinajstić information content (AvgIpc) is 3.25. The van der Waals surface area contributed by atoms with Gasteiger partial charge in [-0.25, -0.2) is 0 Å². The van der Waals surface area contributed by atoms with Crippen LogP contribution in [0.4, 0.5) is 5.95 Å². The topological polar surface area (TPSA) is 111 Å². The summed E-state index contributed by atoms with van der Waals surface area (Å²) >= 11 is 0. The lowest BCUT2D eigenvalue weighted by Crippen LogP contribution is -2.42. The summed E-state index contributed by atoms with van der Waals surface area (Å²) in [6.45, 7) is 2.30. The van der Waals surface area contributed by atoms with Crippen LogP contribution >= 0.6 is 0 Å². The number of amides is 1. The minimum Gasteiger partial charge on any atom is -0.484 e. The molecule has 1 saturated heterocycles. The fraction of sp³-hybridized carbons (Fsp3) is 0.450. The summed E-state index contributed by atoms with van der Waals surface area (Å²) < 4.78 is 12.6. The van der Waals surface area contributed by atoms with E-state index in [2.05, 4.69) is 20.8 Å². The summed E-state index contributed by atoms with van der Waals surface area (Å²) in [4.78, 5) is 26.7. The molecule has 1 aliphatic carbocycles. The number of rotatable bonds is 4. The molecule has 2 aromatic rings. The number of nitrogens with zero attached hydrogens (tertiary/aromatic N) is 5. The van der Waals surface area contributed by atoms with Crippen molar-refractivity contribution >= 4 is 17.6 Å². The van der Waals surface area contributed by atoms with E-state index in [1.807, 2.05) is 24.3 Å². The van der Waals surface area contributed by atoms with Gasteiger partial charge in [-0.05, 0) is 41.0 Å². The Balaban J connectivity index is 1.34. The molecular formula is C20H22N6O4. The molecule has 30 heavy (non-hydrogen) atoms. The minimum atomic E-state index is -0.372. The molecule has 1 N–H and O–H groups in total. The SMILES string of the molecule is O=C1CCCC2=C1C(c1ccc(OCC(=O)N3CCOCC3)cc1)n1nnnc1N2. The number of carbonyl (C=O) groups is 2. The van der Waals surface area contributed by atoms with Gasteiger partial charge >= 0.3 is 0 Å². The van der Waals surface area contributed by atoms with Gasteiger partial charge in [0.1, 0.15) is 11.8 Å². The van der Waals surface area contributed by atoms with Crippen molar-refractivity contribution in [2.45, 2.75) is 25.3 Å². The van der Waals surface area contributed by atoms with Crippen molar-refractivity contribution in [3.63, 3.8) is 0 Å². The molecule has 1 fully saturated rings. The third-order valence-electron chi connectivity index (χ3n) is 5.65. The smallest absolute Gasteiger partial charge is 0.260 e. The van der Waals surface area contributed by atoms with E-state index in [1.54, 1.807) is 9.58 Å². The summed E-state index contributed by atoms with van der Waals surface area (Å²) in [5.74, 6) is 1.19. The van der Waals surface area contributed by atoms with Crippen molar-refractivity contribution in [2.75, 3.05) is 38.2 Å². The number of nitrogens with one attached hydrogen (secondary N) is 1. The second kappa shape index (κ2) is 7.86. The number of ketones is 1. The Morgan fingerprint density at radius 1 is 1.20 bits per heavy atom. The lowest BCUT2D eigenvalue weighted by atomic mass is 9.85. The number of fused-ring (bicyclic) bond motifs is 1. The van der Waals surface area contributed by atoms with Gasteiger partial charge in [0.25, 0.3) is 5.91 Å².